The molecule has 2 heterocycles. The van der Waals surface area contributed by atoms with Gasteiger partial charge in [0.05, 0.1) is 5.54 Å². The van der Waals surface area contributed by atoms with Crippen LogP contribution in [0.1, 0.15) is 73.0 Å². The second-order valence-corrected chi connectivity index (χ2v) is 10.8. The molecule has 2 aliphatic heterocycles. The molecule has 1 amide bonds. The Morgan fingerprint density at radius 3 is 2.50 bits per heavy atom. The van der Waals surface area contributed by atoms with Gasteiger partial charge in [-0.2, -0.15) is 0 Å². The number of carbonyl (C=O) groups is 1. The van der Waals surface area contributed by atoms with Gasteiger partial charge in [-0.3, -0.25) is 9.69 Å². The summed E-state index contributed by atoms with van der Waals surface area (Å²) in [5.74, 6) is 0.438. The van der Waals surface area contributed by atoms with Crippen molar-refractivity contribution in [3.8, 4) is 5.75 Å². The van der Waals surface area contributed by atoms with Gasteiger partial charge in [-0.05, 0) is 99.9 Å². The van der Waals surface area contributed by atoms with Gasteiger partial charge in [0.25, 0.3) is 5.91 Å². The van der Waals surface area contributed by atoms with Crippen molar-refractivity contribution >= 4 is 12.0 Å². The molecule has 2 atom stereocenters. The summed E-state index contributed by atoms with van der Waals surface area (Å²) in [7, 11) is 0. The van der Waals surface area contributed by atoms with Gasteiger partial charge in [0, 0.05) is 24.7 Å². The monoisotopic (exact) mass is 508 g/mol. The average molecular weight is 509 g/mol. The third kappa shape index (κ3) is 5.42. The molecular formula is C34H40N2O2. The molecule has 0 saturated carbocycles. The van der Waals surface area contributed by atoms with Gasteiger partial charge in [0.1, 0.15) is 5.75 Å². The maximum atomic E-state index is 12.7. The standard InChI is InChI=1S/C34H40N2O2/c1-3-35(4-2)33(38)29-17-15-27(16-18-29)22-28-23-31-19-20-34(25-28,30-13-8-14-32(37)24-30)36(31)21-9-12-26-10-6-5-7-11-26/h5-8,10-11,13-18,22,24,31,37H,3-4,9,12,19-21,23,25H2,1-2H3. The molecule has 1 N–H and O–H groups in total. The number of hydrogen-bond acceptors (Lipinski definition) is 3. The third-order valence-electron chi connectivity index (χ3n) is 8.57. The second-order valence-electron chi connectivity index (χ2n) is 10.8. The Morgan fingerprint density at radius 1 is 1.03 bits per heavy atom. The third-order valence-corrected chi connectivity index (χ3v) is 8.57. The largest absolute Gasteiger partial charge is 0.508 e. The van der Waals surface area contributed by atoms with Crippen LogP contribution in [-0.4, -0.2) is 46.5 Å². The van der Waals surface area contributed by atoms with Crippen LogP contribution in [0, 0.1) is 0 Å². The first-order valence-electron chi connectivity index (χ1n) is 14.2. The van der Waals surface area contributed by atoms with Gasteiger partial charge in [-0.1, -0.05) is 66.2 Å². The molecule has 0 aromatic heterocycles. The van der Waals surface area contributed by atoms with Gasteiger partial charge in [0.2, 0.25) is 0 Å². The maximum Gasteiger partial charge on any atom is 0.253 e. The lowest BCUT2D eigenvalue weighted by atomic mass is 9.78. The van der Waals surface area contributed by atoms with E-state index in [1.54, 1.807) is 6.07 Å². The quantitative estimate of drug-likeness (QED) is 0.337. The van der Waals surface area contributed by atoms with Crippen molar-refractivity contribution in [3.63, 3.8) is 0 Å². The molecule has 4 heteroatoms. The highest BCUT2D eigenvalue weighted by Crippen LogP contribution is 2.53. The van der Waals surface area contributed by atoms with Crippen molar-refractivity contribution < 1.29 is 9.90 Å². The molecule has 0 spiro atoms. The molecule has 2 aliphatic rings. The number of aryl methyl sites for hydroxylation is 1. The van der Waals surface area contributed by atoms with Crippen LogP contribution in [0.5, 0.6) is 5.75 Å². The van der Waals surface area contributed by atoms with Crippen LogP contribution in [0.15, 0.2) is 84.4 Å². The van der Waals surface area contributed by atoms with E-state index in [1.807, 2.05) is 43.0 Å². The van der Waals surface area contributed by atoms with Crippen LogP contribution in [0.3, 0.4) is 0 Å². The lowest BCUT2D eigenvalue weighted by Crippen LogP contribution is -2.49. The summed E-state index contributed by atoms with van der Waals surface area (Å²) in [4.78, 5) is 17.3. The van der Waals surface area contributed by atoms with Gasteiger partial charge >= 0.3 is 0 Å². The Bertz CT molecular complexity index is 1260. The van der Waals surface area contributed by atoms with Crippen LogP contribution < -0.4 is 0 Å². The molecule has 3 aromatic rings. The van der Waals surface area contributed by atoms with E-state index < -0.39 is 0 Å². The maximum absolute atomic E-state index is 12.7. The van der Waals surface area contributed by atoms with Crippen molar-refractivity contribution in [2.45, 2.75) is 64.0 Å². The van der Waals surface area contributed by atoms with E-state index >= 15 is 0 Å². The summed E-state index contributed by atoms with van der Waals surface area (Å²) in [6.07, 6.45) is 8.88. The lowest BCUT2D eigenvalue weighted by Gasteiger charge is -2.46. The fourth-order valence-electron chi connectivity index (χ4n) is 6.67. The molecule has 2 fully saturated rings. The van der Waals surface area contributed by atoms with E-state index in [9.17, 15) is 9.90 Å². The summed E-state index contributed by atoms with van der Waals surface area (Å²) in [5.41, 5.74) is 5.90. The summed E-state index contributed by atoms with van der Waals surface area (Å²) >= 11 is 0. The summed E-state index contributed by atoms with van der Waals surface area (Å²) in [6.45, 7) is 6.54. The molecule has 2 bridgehead atoms. The van der Waals surface area contributed by atoms with Crippen LogP contribution in [-0.2, 0) is 12.0 Å². The highest BCUT2D eigenvalue weighted by Gasteiger charge is 2.50. The van der Waals surface area contributed by atoms with Crippen molar-refractivity contribution in [2.75, 3.05) is 19.6 Å². The van der Waals surface area contributed by atoms with Crippen molar-refractivity contribution in [3.05, 3.63) is 107 Å². The van der Waals surface area contributed by atoms with Crippen LogP contribution in [0.4, 0.5) is 0 Å². The highest BCUT2D eigenvalue weighted by molar-refractivity contribution is 5.94. The van der Waals surface area contributed by atoms with Gasteiger partial charge in [-0.15, -0.1) is 0 Å². The molecule has 38 heavy (non-hydrogen) atoms. The first-order chi connectivity index (χ1) is 18.5. The number of nitrogens with zero attached hydrogens (tertiary/aromatic N) is 2. The summed E-state index contributed by atoms with van der Waals surface area (Å²) in [5, 5.41) is 10.4. The lowest BCUT2D eigenvalue weighted by molar-refractivity contribution is 0.0728. The number of phenols is 1. The van der Waals surface area contributed by atoms with Crippen LogP contribution >= 0.6 is 0 Å². The Hall–Kier alpha value is -3.37. The Labute approximate surface area is 227 Å². The average Bonchev–Trinajstić information content (AvgIpc) is 3.15. The zero-order valence-electron chi connectivity index (χ0n) is 22.8. The molecule has 0 radical (unpaired) electrons. The smallest absolute Gasteiger partial charge is 0.253 e. The van der Waals surface area contributed by atoms with E-state index in [0.29, 0.717) is 11.8 Å². The number of benzene rings is 3. The SMILES string of the molecule is CCN(CC)C(=O)c1ccc(C=C2CC3CCC(c4cccc(O)c4)(C2)N3CCCc2ccccc2)cc1. The highest BCUT2D eigenvalue weighted by atomic mass is 16.3. The topological polar surface area (TPSA) is 43.8 Å². The second kappa shape index (κ2) is 11.6. The normalized spacial score (nSPS) is 22.1. The number of piperidine rings is 1. The van der Waals surface area contributed by atoms with Crippen molar-refractivity contribution in [2.24, 2.45) is 0 Å². The van der Waals surface area contributed by atoms with E-state index in [-0.39, 0.29) is 11.4 Å². The van der Waals surface area contributed by atoms with Crippen LogP contribution in [0.2, 0.25) is 0 Å². The van der Waals surface area contributed by atoms with Crippen LogP contribution in [0.25, 0.3) is 6.08 Å². The Balaban J connectivity index is 1.38. The molecule has 5 rings (SSSR count). The van der Waals surface area contributed by atoms with Crippen molar-refractivity contribution in [1.29, 1.82) is 0 Å². The van der Waals surface area contributed by atoms with E-state index in [4.69, 9.17) is 0 Å². The van der Waals surface area contributed by atoms with E-state index in [0.717, 1.165) is 62.9 Å². The van der Waals surface area contributed by atoms with E-state index in [1.165, 1.54) is 23.1 Å². The predicted molar refractivity (Wildman–Crippen MR) is 155 cm³/mol. The summed E-state index contributed by atoms with van der Waals surface area (Å²) in [6, 6.07) is 27.3. The number of carbonyl (C=O) groups excluding carboxylic acids is 1. The zero-order valence-corrected chi connectivity index (χ0v) is 22.8. The number of aromatic hydroxyl groups is 1. The van der Waals surface area contributed by atoms with E-state index in [2.05, 4.69) is 59.5 Å². The number of phenolic OH excluding ortho intramolecular Hbond substituents is 1. The molecule has 2 unspecified atom stereocenters. The molecule has 2 saturated heterocycles. The minimum Gasteiger partial charge on any atom is -0.508 e. The Morgan fingerprint density at radius 2 is 1.79 bits per heavy atom. The minimum atomic E-state index is -0.0805. The molecule has 3 aromatic carbocycles. The van der Waals surface area contributed by atoms with Gasteiger partial charge < -0.3 is 10.0 Å². The Kier molecular flexibility index (Phi) is 7.99. The first-order valence-corrected chi connectivity index (χ1v) is 14.2. The van der Waals surface area contributed by atoms with Gasteiger partial charge in [0.15, 0.2) is 0 Å². The fraction of sp³-hybridized carbons (Fsp3) is 0.382. The molecule has 198 valence electrons. The van der Waals surface area contributed by atoms with Gasteiger partial charge in [-0.25, -0.2) is 0 Å². The number of amides is 1. The number of rotatable bonds is 9. The zero-order chi connectivity index (χ0) is 26.5. The molecule has 0 aliphatic carbocycles. The molecular weight excluding hydrogens is 468 g/mol. The number of hydrogen-bond donors (Lipinski definition) is 1. The number of fused-ring (bicyclic) bond motifs is 2. The van der Waals surface area contributed by atoms with Crippen molar-refractivity contribution in [1.82, 2.24) is 9.80 Å². The predicted octanol–water partition coefficient (Wildman–Crippen LogP) is 7.04. The summed E-state index contributed by atoms with van der Waals surface area (Å²) < 4.78 is 0. The minimum absolute atomic E-state index is 0.0805. The molecule has 4 nitrogen and oxygen atoms in total. The first kappa shape index (κ1) is 26.2. The fourth-order valence-corrected chi connectivity index (χ4v) is 6.67.